The van der Waals surface area contributed by atoms with Crippen molar-refractivity contribution in [3.8, 4) is 0 Å². The maximum atomic E-state index is 16.6. The van der Waals surface area contributed by atoms with E-state index in [-0.39, 0.29) is 31.3 Å². The number of alkyl halides is 2. The van der Waals surface area contributed by atoms with Crippen LogP contribution < -0.4 is 0 Å². The molecule has 148 valence electrons. The molecule has 8 unspecified atom stereocenters. The summed E-state index contributed by atoms with van der Waals surface area (Å²) in [6, 6.07) is 0. The summed E-state index contributed by atoms with van der Waals surface area (Å²) in [4.78, 5) is 23.5. The van der Waals surface area contributed by atoms with Crippen LogP contribution in [0.2, 0.25) is 0 Å². The number of hydrogen-bond acceptors (Lipinski definition) is 4. The second-order valence-corrected chi connectivity index (χ2v) is 9.06. The van der Waals surface area contributed by atoms with Crippen LogP contribution in [0.1, 0.15) is 39.5 Å². The molecule has 0 spiro atoms. The summed E-state index contributed by atoms with van der Waals surface area (Å²) in [5.74, 6) is -3.36. The first kappa shape index (κ1) is 18.7. The van der Waals surface area contributed by atoms with Crippen LogP contribution in [-0.4, -0.2) is 50.6 Å². The fourth-order valence-electron chi connectivity index (χ4n) is 6.56. The molecule has 0 aromatic rings. The number of rotatable bonds is 1. The van der Waals surface area contributed by atoms with E-state index in [0.29, 0.717) is 0 Å². The van der Waals surface area contributed by atoms with E-state index in [1.165, 1.54) is 19.1 Å². The summed E-state index contributed by atoms with van der Waals surface area (Å²) in [6.07, 6.45) is 0.195. The number of hydrogen-bond donors (Lipinski definition) is 3. The molecule has 0 heterocycles. The third-order valence-corrected chi connectivity index (χ3v) is 8.13. The summed E-state index contributed by atoms with van der Waals surface area (Å²) < 4.78 is 31.7. The maximum Gasteiger partial charge on any atom is 0.336 e. The monoisotopic (exact) mass is 382 g/mol. The predicted molar refractivity (Wildman–Crippen MR) is 91.2 cm³/mol. The molecule has 8 atom stereocenters. The van der Waals surface area contributed by atoms with E-state index in [0.717, 1.165) is 6.08 Å². The van der Waals surface area contributed by atoms with E-state index in [9.17, 15) is 24.9 Å². The highest BCUT2D eigenvalue weighted by Crippen LogP contribution is 2.69. The minimum Gasteiger partial charge on any atom is -0.479 e. The van der Waals surface area contributed by atoms with Gasteiger partial charge in [0.2, 0.25) is 0 Å². The molecule has 0 amide bonds. The van der Waals surface area contributed by atoms with E-state index < -0.39 is 58.0 Å². The third-order valence-electron chi connectivity index (χ3n) is 8.13. The minimum absolute atomic E-state index is 0.0305. The second-order valence-electron chi connectivity index (χ2n) is 9.06. The van der Waals surface area contributed by atoms with Crippen molar-refractivity contribution in [2.75, 3.05) is 0 Å². The van der Waals surface area contributed by atoms with E-state index in [1.807, 2.05) is 0 Å². The lowest BCUT2D eigenvalue weighted by atomic mass is 9.44. The van der Waals surface area contributed by atoms with Crippen LogP contribution in [0.5, 0.6) is 0 Å². The standard InChI is InChI=1S/C20H24F2O5/c1-17-5-3-10(23)7-13(17)14(21)8-12-11-4-6-19(27,16(25)26)18(11,2)9-15(24)20(12,17)22/h3,5,7,11-12,14-15,24,27H,4,6,8-9H2,1-2H3,(H,25,26). The highest BCUT2D eigenvalue weighted by Gasteiger charge is 2.75. The molecule has 3 fully saturated rings. The van der Waals surface area contributed by atoms with Crippen LogP contribution in [-0.2, 0) is 9.59 Å². The second kappa shape index (κ2) is 5.26. The molecule has 0 aromatic carbocycles. The molecule has 0 saturated heterocycles. The molecule has 4 aliphatic rings. The number of carbonyl (C=O) groups excluding carboxylic acids is 1. The summed E-state index contributed by atoms with van der Waals surface area (Å²) in [5, 5.41) is 31.3. The SMILES string of the molecule is CC12C=CC(=O)C=C1C(F)CC1C3CCC(O)(C(=O)O)C3(C)CC(O)C12F. The van der Waals surface area contributed by atoms with Gasteiger partial charge >= 0.3 is 5.97 Å². The number of aliphatic carboxylic acids is 1. The van der Waals surface area contributed by atoms with Gasteiger partial charge in [-0.25, -0.2) is 13.6 Å². The predicted octanol–water partition coefficient (Wildman–Crippen LogP) is 2.12. The van der Waals surface area contributed by atoms with Gasteiger partial charge in [0.25, 0.3) is 0 Å². The van der Waals surface area contributed by atoms with Gasteiger partial charge in [-0.15, -0.1) is 0 Å². The van der Waals surface area contributed by atoms with E-state index in [1.54, 1.807) is 6.92 Å². The topological polar surface area (TPSA) is 94.8 Å². The fourth-order valence-corrected chi connectivity index (χ4v) is 6.56. The van der Waals surface area contributed by atoms with Crippen LogP contribution in [0, 0.1) is 22.7 Å². The molecule has 0 radical (unpaired) electrons. The molecule has 0 bridgehead atoms. The Morgan fingerprint density at radius 2 is 1.96 bits per heavy atom. The molecule has 4 aliphatic carbocycles. The first-order valence-corrected chi connectivity index (χ1v) is 9.34. The Bertz CT molecular complexity index is 793. The van der Waals surface area contributed by atoms with E-state index >= 15 is 8.78 Å². The van der Waals surface area contributed by atoms with Crippen LogP contribution in [0.25, 0.3) is 0 Å². The lowest BCUT2D eigenvalue weighted by Crippen LogP contribution is -2.70. The van der Waals surface area contributed by atoms with Crippen molar-refractivity contribution in [1.82, 2.24) is 0 Å². The fraction of sp³-hybridized carbons (Fsp3) is 0.700. The molecule has 0 aliphatic heterocycles. The summed E-state index contributed by atoms with van der Waals surface area (Å²) in [5.41, 5.74) is -7.05. The molecule has 27 heavy (non-hydrogen) atoms. The molecule has 3 N–H and O–H groups in total. The lowest BCUT2D eigenvalue weighted by Gasteiger charge is -2.62. The van der Waals surface area contributed by atoms with Gasteiger partial charge in [-0.1, -0.05) is 13.0 Å². The lowest BCUT2D eigenvalue weighted by molar-refractivity contribution is -0.226. The van der Waals surface area contributed by atoms with Crippen LogP contribution >= 0.6 is 0 Å². The highest BCUT2D eigenvalue weighted by molar-refractivity contribution is 6.01. The number of aliphatic hydroxyl groups is 2. The Balaban J connectivity index is 1.86. The van der Waals surface area contributed by atoms with Gasteiger partial charge in [0.15, 0.2) is 17.1 Å². The first-order valence-electron chi connectivity index (χ1n) is 9.34. The Kier molecular flexibility index (Phi) is 3.65. The van der Waals surface area contributed by atoms with E-state index in [2.05, 4.69) is 0 Å². The van der Waals surface area contributed by atoms with Crippen molar-refractivity contribution in [1.29, 1.82) is 0 Å². The largest absolute Gasteiger partial charge is 0.479 e. The zero-order valence-electron chi connectivity index (χ0n) is 15.3. The first-order chi connectivity index (χ1) is 12.4. The summed E-state index contributed by atoms with van der Waals surface area (Å²) in [7, 11) is 0. The smallest absolute Gasteiger partial charge is 0.336 e. The number of carbonyl (C=O) groups is 2. The molecule has 5 nitrogen and oxygen atoms in total. The number of allylic oxidation sites excluding steroid dienone is 4. The zero-order chi connectivity index (χ0) is 20.0. The molecular weight excluding hydrogens is 358 g/mol. The van der Waals surface area contributed by atoms with Gasteiger partial charge in [-0.2, -0.15) is 0 Å². The van der Waals surface area contributed by atoms with Crippen LogP contribution in [0.3, 0.4) is 0 Å². The zero-order valence-corrected chi connectivity index (χ0v) is 15.3. The number of fused-ring (bicyclic) bond motifs is 5. The van der Waals surface area contributed by atoms with Crippen molar-refractivity contribution in [2.45, 2.75) is 63.1 Å². The van der Waals surface area contributed by atoms with Crippen molar-refractivity contribution in [3.05, 3.63) is 23.8 Å². The number of carboxylic acid groups (broad SMARTS) is 1. The number of carboxylic acids is 1. The molecule has 7 heteroatoms. The number of halogens is 2. The Morgan fingerprint density at radius 1 is 1.30 bits per heavy atom. The van der Waals surface area contributed by atoms with Crippen molar-refractivity contribution >= 4 is 11.8 Å². The average molecular weight is 382 g/mol. The highest BCUT2D eigenvalue weighted by atomic mass is 19.1. The van der Waals surface area contributed by atoms with Gasteiger partial charge < -0.3 is 15.3 Å². The summed E-state index contributed by atoms with van der Waals surface area (Å²) in [6.45, 7) is 3.05. The minimum atomic E-state index is -2.24. The van der Waals surface area contributed by atoms with Gasteiger partial charge in [-0.3, -0.25) is 4.79 Å². The number of ketones is 1. The van der Waals surface area contributed by atoms with Crippen LogP contribution in [0.15, 0.2) is 23.8 Å². The normalized spacial score (nSPS) is 54.0. The van der Waals surface area contributed by atoms with Gasteiger partial charge in [0, 0.05) is 16.7 Å². The Hall–Kier alpha value is -1.60. The Morgan fingerprint density at radius 3 is 2.59 bits per heavy atom. The van der Waals surface area contributed by atoms with Crippen molar-refractivity contribution in [3.63, 3.8) is 0 Å². The van der Waals surface area contributed by atoms with Gasteiger partial charge in [-0.05, 0) is 56.3 Å². The quantitative estimate of drug-likeness (QED) is 0.646. The maximum absolute atomic E-state index is 16.6. The molecule has 0 aromatic heterocycles. The van der Waals surface area contributed by atoms with Crippen molar-refractivity contribution < 1.29 is 33.7 Å². The third kappa shape index (κ3) is 1.94. The van der Waals surface area contributed by atoms with Gasteiger partial charge in [0.1, 0.15) is 6.17 Å². The van der Waals surface area contributed by atoms with Crippen LogP contribution in [0.4, 0.5) is 8.78 Å². The van der Waals surface area contributed by atoms with E-state index in [4.69, 9.17) is 0 Å². The molecule has 3 saturated carbocycles. The molecule has 4 rings (SSSR count). The van der Waals surface area contributed by atoms with Crippen molar-refractivity contribution in [2.24, 2.45) is 22.7 Å². The molecular formula is C20H24F2O5. The average Bonchev–Trinajstić information content (AvgIpc) is 2.85. The summed E-state index contributed by atoms with van der Waals surface area (Å²) >= 11 is 0. The number of aliphatic hydroxyl groups excluding tert-OH is 1. The Labute approximate surface area is 155 Å². The van der Waals surface area contributed by atoms with Gasteiger partial charge in [0.05, 0.1) is 6.10 Å².